The minimum Gasteiger partial charge on any atom is -0.325 e. The van der Waals surface area contributed by atoms with Gasteiger partial charge in [-0.15, -0.1) is 0 Å². The first kappa shape index (κ1) is 7.70. The highest BCUT2D eigenvalue weighted by molar-refractivity contribution is 9.10. The van der Waals surface area contributed by atoms with Crippen LogP contribution in [0.15, 0.2) is 23.2 Å². The molecule has 2 aromatic rings. The first-order chi connectivity index (χ1) is 5.81. The van der Waals surface area contributed by atoms with E-state index in [1.807, 2.05) is 10.6 Å². The van der Waals surface area contributed by atoms with Gasteiger partial charge < -0.3 is 5.73 Å². The standard InChI is InChI=1S/C7H7BrN4/c8-6-4-12-5(1-9)2-11-7(12)3-10-6/h2-4H,1,9H2. The Kier molecular flexibility index (Phi) is 1.82. The van der Waals surface area contributed by atoms with E-state index in [0.29, 0.717) is 6.54 Å². The predicted octanol–water partition coefficient (Wildman–Crippen LogP) is 0.950. The van der Waals surface area contributed by atoms with Crippen molar-refractivity contribution >= 4 is 21.6 Å². The summed E-state index contributed by atoms with van der Waals surface area (Å²) in [4.78, 5) is 8.18. The second-order valence-corrected chi connectivity index (χ2v) is 3.20. The summed E-state index contributed by atoms with van der Waals surface area (Å²) in [7, 11) is 0. The van der Waals surface area contributed by atoms with E-state index in [2.05, 4.69) is 25.9 Å². The highest BCUT2D eigenvalue weighted by Gasteiger charge is 2.00. The van der Waals surface area contributed by atoms with E-state index >= 15 is 0 Å². The Morgan fingerprint density at radius 2 is 2.25 bits per heavy atom. The van der Waals surface area contributed by atoms with E-state index < -0.39 is 0 Å². The number of imidazole rings is 1. The van der Waals surface area contributed by atoms with Gasteiger partial charge >= 0.3 is 0 Å². The fraction of sp³-hybridized carbons (Fsp3) is 0.143. The highest BCUT2D eigenvalue weighted by Crippen LogP contribution is 2.09. The summed E-state index contributed by atoms with van der Waals surface area (Å²) >= 11 is 3.28. The predicted molar refractivity (Wildman–Crippen MR) is 48.6 cm³/mol. The van der Waals surface area contributed by atoms with E-state index in [0.717, 1.165) is 15.9 Å². The van der Waals surface area contributed by atoms with Gasteiger partial charge in [0.1, 0.15) is 4.60 Å². The number of rotatable bonds is 1. The molecule has 0 unspecified atom stereocenters. The summed E-state index contributed by atoms with van der Waals surface area (Å²) in [6, 6.07) is 0. The lowest BCUT2D eigenvalue weighted by Crippen LogP contribution is -2.00. The molecule has 0 aliphatic heterocycles. The molecule has 0 bridgehead atoms. The molecule has 5 heteroatoms. The molecule has 0 aliphatic carbocycles. The molecule has 2 heterocycles. The zero-order valence-electron chi connectivity index (χ0n) is 6.24. The van der Waals surface area contributed by atoms with Crippen molar-refractivity contribution < 1.29 is 0 Å². The molecule has 0 saturated carbocycles. The summed E-state index contributed by atoms with van der Waals surface area (Å²) in [5.41, 5.74) is 7.31. The maximum absolute atomic E-state index is 5.51. The SMILES string of the molecule is NCc1cnc2cnc(Br)cn12. The van der Waals surface area contributed by atoms with Crippen molar-refractivity contribution in [1.29, 1.82) is 0 Å². The third-order valence-electron chi connectivity index (χ3n) is 1.65. The van der Waals surface area contributed by atoms with Crippen LogP contribution in [-0.2, 0) is 6.54 Å². The third kappa shape index (κ3) is 1.11. The largest absolute Gasteiger partial charge is 0.325 e. The second kappa shape index (κ2) is 2.84. The van der Waals surface area contributed by atoms with Crippen molar-refractivity contribution in [2.75, 3.05) is 0 Å². The maximum atomic E-state index is 5.51. The Bertz CT molecular complexity index is 409. The van der Waals surface area contributed by atoms with E-state index in [1.165, 1.54) is 0 Å². The minimum atomic E-state index is 0.484. The summed E-state index contributed by atoms with van der Waals surface area (Å²) in [6.45, 7) is 0.484. The Morgan fingerprint density at radius 1 is 1.42 bits per heavy atom. The number of hydrogen-bond donors (Lipinski definition) is 1. The van der Waals surface area contributed by atoms with Gasteiger partial charge in [-0.2, -0.15) is 0 Å². The second-order valence-electron chi connectivity index (χ2n) is 2.39. The van der Waals surface area contributed by atoms with Crippen molar-refractivity contribution in [3.63, 3.8) is 0 Å². The van der Waals surface area contributed by atoms with Crippen LogP contribution < -0.4 is 5.73 Å². The van der Waals surface area contributed by atoms with Gasteiger partial charge in [-0.1, -0.05) is 0 Å². The number of hydrogen-bond acceptors (Lipinski definition) is 3. The monoisotopic (exact) mass is 226 g/mol. The summed E-state index contributed by atoms with van der Waals surface area (Å²) < 4.78 is 2.69. The van der Waals surface area contributed by atoms with Gasteiger partial charge in [0.2, 0.25) is 0 Å². The molecule has 2 N–H and O–H groups in total. The smallest absolute Gasteiger partial charge is 0.155 e. The van der Waals surface area contributed by atoms with Crippen LogP contribution in [-0.4, -0.2) is 14.4 Å². The molecule has 2 aromatic heterocycles. The van der Waals surface area contributed by atoms with Gasteiger partial charge in [0.15, 0.2) is 5.65 Å². The van der Waals surface area contributed by atoms with Crippen molar-refractivity contribution in [2.45, 2.75) is 6.54 Å². The quantitative estimate of drug-likeness (QED) is 0.788. The molecule has 0 radical (unpaired) electrons. The third-order valence-corrected chi connectivity index (χ3v) is 2.06. The van der Waals surface area contributed by atoms with Gasteiger partial charge in [0, 0.05) is 12.7 Å². The first-order valence-corrected chi connectivity index (χ1v) is 4.28. The average Bonchev–Trinajstić information content (AvgIpc) is 2.46. The van der Waals surface area contributed by atoms with E-state index in [4.69, 9.17) is 5.73 Å². The number of aromatic nitrogens is 3. The van der Waals surface area contributed by atoms with Gasteiger partial charge in [-0.3, -0.25) is 4.40 Å². The van der Waals surface area contributed by atoms with Gasteiger partial charge in [0.05, 0.1) is 18.1 Å². The van der Waals surface area contributed by atoms with Crippen LogP contribution in [0.4, 0.5) is 0 Å². The van der Waals surface area contributed by atoms with Crippen LogP contribution in [0.5, 0.6) is 0 Å². The minimum absolute atomic E-state index is 0.484. The van der Waals surface area contributed by atoms with E-state index in [-0.39, 0.29) is 0 Å². The first-order valence-electron chi connectivity index (χ1n) is 3.49. The molecule has 12 heavy (non-hydrogen) atoms. The molecular formula is C7H7BrN4. The Hall–Kier alpha value is -0.940. The zero-order valence-corrected chi connectivity index (χ0v) is 7.82. The van der Waals surface area contributed by atoms with Crippen molar-refractivity contribution in [2.24, 2.45) is 5.73 Å². The maximum Gasteiger partial charge on any atom is 0.155 e. The molecule has 0 fully saturated rings. The zero-order chi connectivity index (χ0) is 8.55. The highest BCUT2D eigenvalue weighted by atomic mass is 79.9. The molecule has 2 rings (SSSR count). The van der Waals surface area contributed by atoms with Crippen LogP contribution in [0, 0.1) is 0 Å². The van der Waals surface area contributed by atoms with Crippen LogP contribution in [0.25, 0.3) is 5.65 Å². The van der Waals surface area contributed by atoms with Crippen LogP contribution in [0.2, 0.25) is 0 Å². The fourth-order valence-corrected chi connectivity index (χ4v) is 1.37. The summed E-state index contributed by atoms with van der Waals surface area (Å²) in [6.07, 6.45) is 5.30. The lowest BCUT2D eigenvalue weighted by Gasteiger charge is -1.97. The normalized spacial score (nSPS) is 10.8. The molecule has 0 saturated heterocycles. The topological polar surface area (TPSA) is 56.2 Å². The Labute approximate surface area is 77.6 Å². The van der Waals surface area contributed by atoms with Crippen molar-refractivity contribution in [1.82, 2.24) is 14.4 Å². The lowest BCUT2D eigenvalue weighted by atomic mass is 10.5. The van der Waals surface area contributed by atoms with Gasteiger partial charge in [-0.05, 0) is 15.9 Å². The number of fused-ring (bicyclic) bond motifs is 1. The molecular weight excluding hydrogens is 220 g/mol. The Balaban J connectivity index is 2.75. The van der Waals surface area contributed by atoms with Crippen molar-refractivity contribution in [3.8, 4) is 0 Å². The summed E-state index contributed by atoms with van der Waals surface area (Å²) in [5, 5.41) is 0. The van der Waals surface area contributed by atoms with Crippen LogP contribution in [0.1, 0.15) is 5.69 Å². The molecule has 4 nitrogen and oxygen atoms in total. The van der Waals surface area contributed by atoms with Crippen molar-refractivity contribution in [3.05, 3.63) is 28.9 Å². The van der Waals surface area contributed by atoms with E-state index in [9.17, 15) is 0 Å². The summed E-state index contributed by atoms with van der Waals surface area (Å²) in [5.74, 6) is 0. The lowest BCUT2D eigenvalue weighted by molar-refractivity contribution is 0.946. The molecule has 0 aromatic carbocycles. The van der Waals surface area contributed by atoms with E-state index in [1.54, 1.807) is 12.4 Å². The number of nitrogens with zero attached hydrogens (tertiary/aromatic N) is 3. The molecule has 0 spiro atoms. The van der Waals surface area contributed by atoms with Gasteiger partial charge in [0.25, 0.3) is 0 Å². The van der Waals surface area contributed by atoms with Crippen LogP contribution in [0.3, 0.4) is 0 Å². The molecule has 62 valence electrons. The number of nitrogens with two attached hydrogens (primary N) is 1. The average molecular weight is 227 g/mol. The molecule has 0 amide bonds. The number of halogens is 1. The van der Waals surface area contributed by atoms with Crippen LogP contribution >= 0.6 is 15.9 Å². The Morgan fingerprint density at radius 3 is 3.00 bits per heavy atom. The van der Waals surface area contributed by atoms with Gasteiger partial charge in [-0.25, -0.2) is 9.97 Å². The fourth-order valence-electron chi connectivity index (χ4n) is 1.07. The molecule has 0 aliphatic rings. The molecule has 0 atom stereocenters.